The van der Waals surface area contributed by atoms with E-state index in [1.165, 1.54) is 12.0 Å². The van der Waals surface area contributed by atoms with Crippen LogP contribution in [0.4, 0.5) is 0 Å². The van der Waals surface area contributed by atoms with Crippen LogP contribution >= 0.6 is 0 Å². The van der Waals surface area contributed by atoms with E-state index in [-0.39, 0.29) is 0 Å². The van der Waals surface area contributed by atoms with Crippen molar-refractivity contribution in [2.24, 2.45) is 0 Å². The Morgan fingerprint density at radius 1 is 1.05 bits per heavy atom. The zero-order valence-electron chi connectivity index (χ0n) is 11.5. The molecule has 0 radical (unpaired) electrons. The molecule has 2 aromatic carbocycles. The molecule has 1 aliphatic rings. The molecule has 104 valence electrons. The second-order valence-electron chi connectivity index (χ2n) is 5.13. The average Bonchev–Trinajstić information content (AvgIpc) is 3.00. The molecule has 0 aliphatic carbocycles. The van der Waals surface area contributed by atoms with E-state index in [0.717, 1.165) is 31.1 Å². The largest absolute Gasteiger partial charge is 0.457 e. The van der Waals surface area contributed by atoms with E-state index in [1.807, 2.05) is 42.5 Å². The van der Waals surface area contributed by atoms with Crippen LogP contribution in [0, 0.1) is 0 Å². The Bertz CT molecular complexity index is 536. The third kappa shape index (κ3) is 3.59. The lowest BCUT2D eigenvalue weighted by Crippen LogP contribution is -2.30. The minimum atomic E-state index is 0.591. The first-order chi connectivity index (χ1) is 9.90. The van der Waals surface area contributed by atoms with Crippen molar-refractivity contribution in [3.63, 3.8) is 0 Å². The van der Waals surface area contributed by atoms with Crippen molar-refractivity contribution in [3.8, 4) is 11.5 Å². The fraction of sp³-hybridized carbons (Fsp3) is 0.294. The monoisotopic (exact) mass is 268 g/mol. The second-order valence-corrected chi connectivity index (χ2v) is 5.13. The van der Waals surface area contributed by atoms with E-state index < -0.39 is 0 Å². The summed E-state index contributed by atoms with van der Waals surface area (Å²) in [7, 11) is 0. The molecule has 2 aromatic rings. The van der Waals surface area contributed by atoms with Gasteiger partial charge in [-0.05, 0) is 42.8 Å². The van der Waals surface area contributed by atoms with Crippen molar-refractivity contribution < 1.29 is 4.74 Å². The first-order valence-electron chi connectivity index (χ1n) is 7.16. The number of para-hydroxylation sites is 1. The van der Waals surface area contributed by atoms with E-state index in [0.29, 0.717) is 6.04 Å². The van der Waals surface area contributed by atoms with Crippen LogP contribution < -0.4 is 15.4 Å². The van der Waals surface area contributed by atoms with Gasteiger partial charge in [0.1, 0.15) is 11.5 Å². The van der Waals surface area contributed by atoms with Gasteiger partial charge in [-0.25, -0.2) is 0 Å². The van der Waals surface area contributed by atoms with Crippen molar-refractivity contribution in [3.05, 3.63) is 60.2 Å². The zero-order valence-corrected chi connectivity index (χ0v) is 11.5. The summed E-state index contributed by atoms with van der Waals surface area (Å²) in [5, 5.41) is 6.94. The quantitative estimate of drug-likeness (QED) is 0.874. The van der Waals surface area contributed by atoms with Gasteiger partial charge in [0.2, 0.25) is 0 Å². The summed E-state index contributed by atoms with van der Waals surface area (Å²) in [6, 6.07) is 18.7. The van der Waals surface area contributed by atoms with Crippen molar-refractivity contribution in [2.45, 2.75) is 19.0 Å². The topological polar surface area (TPSA) is 33.3 Å². The molecule has 20 heavy (non-hydrogen) atoms. The predicted octanol–water partition coefficient (Wildman–Crippen LogP) is 2.93. The number of rotatable bonds is 5. The van der Waals surface area contributed by atoms with Crippen molar-refractivity contribution in [1.82, 2.24) is 10.6 Å². The van der Waals surface area contributed by atoms with Crippen molar-refractivity contribution in [2.75, 3.05) is 13.1 Å². The van der Waals surface area contributed by atoms with Crippen molar-refractivity contribution in [1.29, 1.82) is 0 Å². The maximum Gasteiger partial charge on any atom is 0.127 e. The smallest absolute Gasteiger partial charge is 0.127 e. The molecule has 3 rings (SSSR count). The molecule has 0 saturated carbocycles. The van der Waals surface area contributed by atoms with Crippen LogP contribution in [0.2, 0.25) is 0 Å². The van der Waals surface area contributed by atoms with Gasteiger partial charge in [0, 0.05) is 19.1 Å². The molecule has 1 heterocycles. The fourth-order valence-electron chi connectivity index (χ4n) is 2.43. The molecule has 1 atom stereocenters. The first kappa shape index (κ1) is 13.2. The highest BCUT2D eigenvalue weighted by Crippen LogP contribution is 2.21. The van der Waals surface area contributed by atoms with Gasteiger partial charge in [0.15, 0.2) is 0 Å². The molecule has 0 spiro atoms. The summed E-state index contributed by atoms with van der Waals surface area (Å²) < 4.78 is 5.85. The summed E-state index contributed by atoms with van der Waals surface area (Å²) in [6.45, 7) is 3.08. The normalized spacial score (nSPS) is 18.1. The van der Waals surface area contributed by atoms with Gasteiger partial charge < -0.3 is 15.4 Å². The lowest BCUT2D eigenvalue weighted by atomic mass is 10.2. The molecule has 1 aliphatic heterocycles. The number of nitrogens with one attached hydrogen (secondary N) is 2. The zero-order chi connectivity index (χ0) is 13.6. The maximum atomic E-state index is 5.85. The second kappa shape index (κ2) is 6.55. The molecule has 3 heteroatoms. The highest BCUT2D eigenvalue weighted by Gasteiger charge is 2.13. The molecule has 1 fully saturated rings. The van der Waals surface area contributed by atoms with E-state index in [9.17, 15) is 0 Å². The number of hydrogen-bond acceptors (Lipinski definition) is 3. The first-order valence-corrected chi connectivity index (χ1v) is 7.16. The Balaban J connectivity index is 1.60. The lowest BCUT2D eigenvalue weighted by molar-refractivity contribution is 0.480. The molecular weight excluding hydrogens is 248 g/mol. The Hall–Kier alpha value is -1.84. The summed E-state index contributed by atoms with van der Waals surface area (Å²) >= 11 is 0. The standard InChI is InChI=1S/C17H20N2O/c1-2-6-16(7-3-1)20-17-8-4-5-14(11-17)12-19-15-9-10-18-13-15/h1-8,11,15,18-19H,9-10,12-13H2. The van der Waals surface area contributed by atoms with Crippen LogP contribution in [0.5, 0.6) is 11.5 Å². The average molecular weight is 268 g/mol. The Morgan fingerprint density at radius 2 is 1.90 bits per heavy atom. The molecule has 3 nitrogen and oxygen atoms in total. The molecule has 2 N–H and O–H groups in total. The van der Waals surface area contributed by atoms with Crippen LogP contribution in [-0.2, 0) is 6.54 Å². The van der Waals surface area contributed by atoms with Crippen LogP contribution in [0.15, 0.2) is 54.6 Å². The molecule has 0 aromatic heterocycles. The van der Waals surface area contributed by atoms with Gasteiger partial charge in [-0.3, -0.25) is 0 Å². The number of ether oxygens (including phenoxy) is 1. The molecule has 1 saturated heterocycles. The van der Waals surface area contributed by atoms with Gasteiger partial charge in [-0.2, -0.15) is 0 Å². The summed E-state index contributed by atoms with van der Waals surface area (Å²) in [5.74, 6) is 1.76. The Kier molecular flexibility index (Phi) is 4.31. The third-order valence-corrected chi connectivity index (χ3v) is 3.53. The fourth-order valence-corrected chi connectivity index (χ4v) is 2.43. The Morgan fingerprint density at radius 3 is 2.70 bits per heavy atom. The van der Waals surface area contributed by atoms with Gasteiger partial charge >= 0.3 is 0 Å². The number of hydrogen-bond donors (Lipinski definition) is 2. The van der Waals surface area contributed by atoms with Crippen LogP contribution in [-0.4, -0.2) is 19.1 Å². The van der Waals surface area contributed by atoms with E-state index in [2.05, 4.69) is 22.8 Å². The van der Waals surface area contributed by atoms with Gasteiger partial charge in [-0.15, -0.1) is 0 Å². The SMILES string of the molecule is c1ccc(Oc2cccc(CNC3CCNC3)c2)cc1. The molecule has 0 amide bonds. The highest BCUT2D eigenvalue weighted by molar-refractivity contribution is 5.33. The third-order valence-electron chi connectivity index (χ3n) is 3.53. The molecule has 1 unspecified atom stereocenters. The minimum Gasteiger partial charge on any atom is -0.457 e. The van der Waals surface area contributed by atoms with E-state index in [1.54, 1.807) is 0 Å². The lowest BCUT2D eigenvalue weighted by Gasteiger charge is -2.12. The van der Waals surface area contributed by atoms with Gasteiger partial charge in [-0.1, -0.05) is 30.3 Å². The van der Waals surface area contributed by atoms with Crippen LogP contribution in [0.1, 0.15) is 12.0 Å². The van der Waals surface area contributed by atoms with Crippen LogP contribution in [0.3, 0.4) is 0 Å². The molecular formula is C17H20N2O. The van der Waals surface area contributed by atoms with Gasteiger partial charge in [0.05, 0.1) is 0 Å². The van der Waals surface area contributed by atoms with Gasteiger partial charge in [0.25, 0.3) is 0 Å². The predicted molar refractivity (Wildman–Crippen MR) is 81.1 cm³/mol. The number of benzene rings is 2. The minimum absolute atomic E-state index is 0.591. The molecule has 0 bridgehead atoms. The highest BCUT2D eigenvalue weighted by atomic mass is 16.5. The summed E-state index contributed by atoms with van der Waals surface area (Å²) in [6.07, 6.45) is 1.21. The maximum absolute atomic E-state index is 5.85. The van der Waals surface area contributed by atoms with Crippen molar-refractivity contribution >= 4 is 0 Å². The van der Waals surface area contributed by atoms with E-state index >= 15 is 0 Å². The Labute approximate surface area is 120 Å². The van der Waals surface area contributed by atoms with Crippen LogP contribution in [0.25, 0.3) is 0 Å². The summed E-state index contributed by atoms with van der Waals surface area (Å²) in [5.41, 5.74) is 1.25. The summed E-state index contributed by atoms with van der Waals surface area (Å²) in [4.78, 5) is 0. The van der Waals surface area contributed by atoms with E-state index in [4.69, 9.17) is 4.74 Å².